The number of aromatic nitrogens is 2. The van der Waals surface area contributed by atoms with Crippen LogP contribution >= 0.6 is 11.8 Å². The molecule has 1 amide bonds. The average molecular weight is 458 g/mol. The number of thioether (sulfide) groups is 1. The summed E-state index contributed by atoms with van der Waals surface area (Å²) in [6.45, 7) is 6.35. The number of fused-ring (bicyclic) bond motifs is 1. The van der Waals surface area contributed by atoms with Crippen molar-refractivity contribution in [2.24, 2.45) is 0 Å². The molecule has 8 heteroatoms. The highest BCUT2D eigenvalue weighted by atomic mass is 32.2. The number of carbonyl (C=O) groups excluding carboxylic acids is 1. The first kappa shape index (κ1) is 23.9. The van der Waals surface area contributed by atoms with Gasteiger partial charge in [-0.25, -0.2) is 4.98 Å². The Hall–Kier alpha value is -2.74. The summed E-state index contributed by atoms with van der Waals surface area (Å²) >= 11 is 1.28. The molecule has 1 aromatic carbocycles. The topological polar surface area (TPSA) is 82.5 Å². The van der Waals surface area contributed by atoms with Gasteiger partial charge in [-0.05, 0) is 45.1 Å². The smallest absolute Gasteiger partial charge is 0.262 e. The molecule has 0 saturated carbocycles. The van der Waals surface area contributed by atoms with Crippen molar-refractivity contribution in [3.05, 3.63) is 46.8 Å². The second kappa shape index (κ2) is 11.2. The fraction of sp³-hybridized carbons (Fsp3) is 0.458. The normalized spacial score (nSPS) is 14.5. The zero-order chi connectivity index (χ0) is 23.1. The van der Waals surface area contributed by atoms with Crippen LogP contribution < -0.4 is 20.3 Å². The zero-order valence-electron chi connectivity index (χ0n) is 19.0. The lowest BCUT2D eigenvalue weighted by Gasteiger charge is -2.18. The van der Waals surface area contributed by atoms with E-state index in [1.54, 1.807) is 37.0 Å². The van der Waals surface area contributed by atoms with Gasteiger partial charge in [-0.15, -0.1) is 6.58 Å². The predicted molar refractivity (Wildman–Crippen MR) is 129 cm³/mol. The number of hydrogen-bond donors (Lipinski definition) is 1. The van der Waals surface area contributed by atoms with Gasteiger partial charge in [0.05, 0.1) is 30.4 Å². The van der Waals surface area contributed by atoms with Crippen LogP contribution in [0, 0.1) is 0 Å². The fourth-order valence-corrected chi connectivity index (χ4v) is 4.69. The number of ether oxygens (including phenoxy) is 2. The van der Waals surface area contributed by atoms with Crippen LogP contribution in [0.25, 0.3) is 10.9 Å². The van der Waals surface area contributed by atoms with Crippen molar-refractivity contribution in [2.45, 2.75) is 56.0 Å². The van der Waals surface area contributed by atoms with Gasteiger partial charge in [-0.3, -0.25) is 14.2 Å². The molecule has 0 radical (unpaired) electrons. The molecule has 32 heavy (non-hydrogen) atoms. The van der Waals surface area contributed by atoms with Crippen LogP contribution in [0.1, 0.15) is 39.0 Å². The molecule has 1 aliphatic rings. The summed E-state index contributed by atoms with van der Waals surface area (Å²) in [5.74, 6) is 0.862. The minimum atomic E-state index is -0.417. The van der Waals surface area contributed by atoms with Crippen LogP contribution in [0.4, 0.5) is 0 Å². The molecule has 1 aliphatic carbocycles. The third-order valence-corrected chi connectivity index (χ3v) is 6.63. The van der Waals surface area contributed by atoms with Gasteiger partial charge >= 0.3 is 0 Å². The molecule has 1 atom stereocenters. The van der Waals surface area contributed by atoms with Crippen molar-refractivity contribution >= 4 is 28.6 Å². The molecule has 0 unspecified atom stereocenters. The molecular weight excluding hydrogens is 426 g/mol. The van der Waals surface area contributed by atoms with Gasteiger partial charge in [0, 0.05) is 19.2 Å². The molecule has 0 bridgehead atoms. The summed E-state index contributed by atoms with van der Waals surface area (Å²) in [6, 6.07) is 3.38. The van der Waals surface area contributed by atoms with Crippen molar-refractivity contribution in [3.63, 3.8) is 0 Å². The van der Waals surface area contributed by atoms with Crippen LogP contribution in [0.3, 0.4) is 0 Å². The molecule has 0 aliphatic heterocycles. The van der Waals surface area contributed by atoms with Gasteiger partial charge < -0.3 is 14.8 Å². The first-order chi connectivity index (χ1) is 15.5. The second-order valence-electron chi connectivity index (χ2n) is 7.73. The van der Waals surface area contributed by atoms with Gasteiger partial charge in [-0.1, -0.05) is 29.5 Å². The Bertz CT molecular complexity index is 1080. The Morgan fingerprint density at radius 3 is 2.72 bits per heavy atom. The molecule has 2 aromatic rings. The van der Waals surface area contributed by atoms with Gasteiger partial charge in [0.2, 0.25) is 5.91 Å². The predicted octanol–water partition coefficient (Wildman–Crippen LogP) is 4.09. The Balaban J connectivity index is 2.02. The van der Waals surface area contributed by atoms with E-state index in [9.17, 15) is 9.59 Å². The second-order valence-corrected chi connectivity index (χ2v) is 9.04. The lowest BCUT2D eigenvalue weighted by molar-refractivity contribution is -0.120. The van der Waals surface area contributed by atoms with E-state index in [0.29, 0.717) is 40.6 Å². The fourth-order valence-electron chi connectivity index (χ4n) is 3.73. The van der Waals surface area contributed by atoms with E-state index >= 15 is 0 Å². The van der Waals surface area contributed by atoms with Crippen molar-refractivity contribution in [1.29, 1.82) is 0 Å². The minimum Gasteiger partial charge on any atom is -0.493 e. The Morgan fingerprint density at radius 2 is 2.06 bits per heavy atom. The number of rotatable bonds is 10. The average Bonchev–Trinajstić information content (AvgIpc) is 2.82. The largest absolute Gasteiger partial charge is 0.493 e. The van der Waals surface area contributed by atoms with E-state index < -0.39 is 5.25 Å². The van der Waals surface area contributed by atoms with E-state index in [-0.39, 0.29) is 11.5 Å². The Kier molecular flexibility index (Phi) is 8.39. The molecule has 1 heterocycles. The lowest BCUT2D eigenvalue weighted by atomic mass is 9.97. The van der Waals surface area contributed by atoms with E-state index in [0.717, 1.165) is 19.3 Å². The molecule has 0 spiro atoms. The first-order valence-corrected chi connectivity index (χ1v) is 11.8. The highest BCUT2D eigenvalue weighted by Crippen LogP contribution is 2.32. The number of nitrogens with one attached hydrogen (secondary N) is 1. The highest BCUT2D eigenvalue weighted by Gasteiger charge is 2.21. The lowest BCUT2D eigenvalue weighted by Crippen LogP contribution is -2.32. The van der Waals surface area contributed by atoms with Crippen molar-refractivity contribution in [2.75, 3.05) is 20.8 Å². The number of benzene rings is 1. The van der Waals surface area contributed by atoms with Crippen LogP contribution in [-0.4, -0.2) is 41.5 Å². The van der Waals surface area contributed by atoms with Gasteiger partial charge in [0.15, 0.2) is 16.7 Å². The van der Waals surface area contributed by atoms with Crippen molar-refractivity contribution < 1.29 is 14.3 Å². The first-order valence-electron chi connectivity index (χ1n) is 10.9. The Morgan fingerprint density at radius 1 is 1.31 bits per heavy atom. The molecular formula is C24H31N3O4S. The number of hydrogen-bond acceptors (Lipinski definition) is 6. The monoisotopic (exact) mass is 457 g/mol. The molecule has 0 fully saturated rings. The maximum atomic E-state index is 13.5. The van der Waals surface area contributed by atoms with Crippen molar-refractivity contribution in [3.8, 4) is 11.5 Å². The molecule has 1 N–H and O–H groups in total. The number of amides is 1. The van der Waals surface area contributed by atoms with E-state index in [1.165, 1.54) is 30.2 Å². The summed E-state index contributed by atoms with van der Waals surface area (Å²) < 4.78 is 12.5. The van der Waals surface area contributed by atoms with Gasteiger partial charge in [0.25, 0.3) is 5.56 Å². The summed E-state index contributed by atoms with van der Waals surface area (Å²) in [4.78, 5) is 30.7. The van der Waals surface area contributed by atoms with Crippen molar-refractivity contribution in [1.82, 2.24) is 14.9 Å². The van der Waals surface area contributed by atoms with E-state index in [4.69, 9.17) is 14.5 Å². The molecule has 1 aromatic heterocycles. The molecule has 0 saturated heterocycles. The highest BCUT2D eigenvalue weighted by molar-refractivity contribution is 8.00. The summed E-state index contributed by atoms with van der Waals surface area (Å²) in [5, 5.41) is 3.37. The third kappa shape index (κ3) is 5.54. The SMILES string of the molecule is C=CCNC(=O)[C@H](C)Sc1nc2cc(OC)c(OC)cc2c(=O)n1CCC1=CCCCC1. The van der Waals surface area contributed by atoms with Gasteiger partial charge in [0.1, 0.15) is 0 Å². The summed E-state index contributed by atoms with van der Waals surface area (Å²) in [6.07, 6.45) is 9.30. The van der Waals surface area contributed by atoms with Crippen LogP contribution in [0.15, 0.2) is 46.4 Å². The molecule has 172 valence electrons. The van der Waals surface area contributed by atoms with E-state index in [2.05, 4.69) is 18.0 Å². The molecule has 3 rings (SSSR count). The quantitative estimate of drug-likeness (QED) is 0.329. The van der Waals surface area contributed by atoms with E-state index in [1.807, 2.05) is 6.92 Å². The maximum Gasteiger partial charge on any atom is 0.262 e. The molecule has 7 nitrogen and oxygen atoms in total. The number of carbonyl (C=O) groups is 1. The maximum absolute atomic E-state index is 13.5. The van der Waals surface area contributed by atoms with Gasteiger partial charge in [-0.2, -0.15) is 0 Å². The van der Waals surface area contributed by atoms with Crippen LogP contribution in [0.2, 0.25) is 0 Å². The minimum absolute atomic E-state index is 0.127. The van der Waals surface area contributed by atoms with Crippen LogP contribution in [-0.2, 0) is 11.3 Å². The third-order valence-electron chi connectivity index (χ3n) is 5.54. The number of methoxy groups -OCH3 is 2. The zero-order valence-corrected chi connectivity index (χ0v) is 19.8. The Labute approximate surface area is 192 Å². The number of allylic oxidation sites excluding steroid dienone is 2. The standard InChI is InChI=1S/C24H31N3O4S/c1-5-12-25-22(28)16(2)32-24-26-19-15-21(31-4)20(30-3)14-18(19)23(29)27(24)13-11-17-9-7-6-8-10-17/h5,9,14-16H,1,6-8,10-13H2,2-4H3,(H,25,28)/t16-/m0/s1. The summed E-state index contributed by atoms with van der Waals surface area (Å²) in [7, 11) is 3.09. The summed E-state index contributed by atoms with van der Waals surface area (Å²) in [5.41, 5.74) is 1.75. The van der Waals surface area contributed by atoms with Crippen LogP contribution in [0.5, 0.6) is 11.5 Å². The number of nitrogens with zero attached hydrogens (tertiary/aromatic N) is 2.